The third kappa shape index (κ3) is 4.17. The molecular weight excluding hydrogens is 373 g/mol. The number of carbonyl (C=O) groups excluding carboxylic acids is 3. The Balaban J connectivity index is 1.64. The van der Waals surface area contributed by atoms with E-state index in [0.29, 0.717) is 17.9 Å². The summed E-state index contributed by atoms with van der Waals surface area (Å²) in [5.41, 5.74) is 0.0789. The van der Waals surface area contributed by atoms with Crippen LogP contribution in [-0.2, 0) is 19.7 Å². The summed E-state index contributed by atoms with van der Waals surface area (Å²) < 4.78 is 19.3. The van der Waals surface area contributed by atoms with Gasteiger partial charge in [0.05, 0.1) is 11.0 Å². The molecular formula is C20H17ClFNO4. The van der Waals surface area contributed by atoms with Gasteiger partial charge in [0, 0.05) is 17.6 Å². The van der Waals surface area contributed by atoms with Crippen LogP contribution in [0, 0.1) is 5.82 Å². The fraction of sp³-hybridized carbons (Fsp3) is 0.250. The molecule has 0 aliphatic heterocycles. The zero-order valence-corrected chi connectivity index (χ0v) is 15.3. The zero-order chi connectivity index (χ0) is 19.6. The molecule has 0 aromatic heterocycles. The molecule has 27 heavy (non-hydrogen) atoms. The molecule has 1 amide bonds. The Kier molecular flexibility index (Phi) is 5.28. The third-order valence-corrected chi connectivity index (χ3v) is 4.71. The van der Waals surface area contributed by atoms with Crippen molar-refractivity contribution in [2.75, 3.05) is 11.9 Å². The Hall–Kier alpha value is -2.73. The minimum atomic E-state index is -0.791. The molecule has 5 nitrogen and oxygen atoms in total. The Labute approximate surface area is 160 Å². The van der Waals surface area contributed by atoms with Crippen molar-refractivity contribution >= 4 is 34.9 Å². The molecule has 1 aliphatic rings. The van der Waals surface area contributed by atoms with Gasteiger partial charge < -0.3 is 10.1 Å². The fourth-order valence-electron chi connectivity index (χ4n) is 2.87. The smallest absolute Gasteiger partial charge is 0.317 e. The first-order chi connectivity index (χ1) is 12.8. The lowest BCUT2D eigenvalue weighted by molar-refractivity contribution is -0.145. The summed E-state index contributed by atoms with van der Waals surface area (Å²) in [7, 11) is 0. The number of ketones is 1. The maximum atomic E-state index is 14.1. The van der Waals surface area contributed by atoms with Gasteiger partial charge in [-0.15, -0.1) is 0 Å². The third-order valence-electron chi connectivity index (χ3n) is 4.46. The molecule has 1 saturated carbocycles. The van der Waals surface area contributed by atoms with E-state index in [1.807, 2.05) is 0 Å². The number of rotatable bonds is 6. The molecule has 0 bridgehead atoms. The highest BCUT2D eigenvalue weighted by molar-refractivity contribution is 6.30. The van der Waals surface area contributed by atoms with Crippen LogP contribution in [-0.4, -0.2) is 24.3 Å². The largest absolute Gasteiger partial charge is 0.457 e. The topological polar surface area (TPSA) is 72.5 Å². The van der Waals surface area contributed by atoms with Gasteiger partial charge in [-0.1, -0.05) is 23.7 Å². The average molecular weight is 390 g/mol. The van der Waals surface area contributed by atoms with Crippen LogP contribution >= 0.6 is 11.6 Å². The Morgan fingerprint density at radius 1 is 1.15 bits per heavy atom. The molecule has 0 unspecified atom stereocenters. The molecule has 7 heteroatoms. The highest BCUT2D eigenvalue weighted by Gasteiger charge is 2.52. The lowest BCUT2D eigenvalue weighted by Crippen LogP contribution is -2.26. The number of Topliss-reactive ketones (excluding diaryl/α,β-unsaturated/α-hetero) is 1. The van der Waals surface area contributed by atoms with Gasteiger partial charge >= 0.3 is 5.97 Å². The summed E-state index contributed by atoms with van der Waals surface area (Å²) in [5.74, 6) is -2.30. The van der Waals surface area contributed by atoms with Crippen LogP contribution in [0.15, 0.2) is 42.5 Å². The fourth-order valence-corrected chi connectivity index (χ4v) is 3.00. The van der Waals surface area contributed by atoms with E-state index >= 15 is 0 Å². The number of hydrogen-bond acceptors (Lipinski definition) is 4. The minimum Gasteiger partial charge on any atom is -0.457 e. The van der Waals surface area contributed by atoms with E-state index in [2.05, 4.69) is 5.32 Å². The zero-order valence-electron chi connectivity index (χ0n) is 14.6. The second-order valence-corrected chi connectivity index (χ2v) is 6.90. The number of carbonyl (C=O) groups is 3. The van der Waals surface area contributed by atoms with Crippen molar-refractivity contribution in [1.82, 2.24) is 0 Å². The summed E-state index contributed by atoms with van der Waals surface area (Å²) in [6.45, 7) is 0.745. The van der Waals surface area contributed by atoms with Gasteiger partial charge in [-0.3, -0.25) is 14.4 Å². The average Bonchev–Trinajstić information content (AvgIpc) is 3.41. The second kappa shape index (κ2) is 7.48. The summed E-state index contributed by atoms with van der Waals surface area (Å²) >= 11 is 5.87. The number of esters is 1. The highest BCUT2D eigenvalue weighted by atomic mass is 35.5. The van der Waals surface area contributed by atoms with E-state index in [1.54, 1.807) is 24.3 Å². The first-order valence-corrected chi connectivity index (χ1v) is 8.73. The number of ether oxygens (including phenoxy) is 1. The van der Waals surface area contributed by atoms with Crippen LogP contribution in [0.5, 0.6) is 0 Å². The Morgan fingerprint density at radius 2 is 1.81 bits per heavy atom. The molecule has 1 N–H and O–H groups in total. The van der Waals surface area contributed by atoms with Gasteiger partial charge in [0.2, 0.25) is 11.7 Å². The van der Waals surface area contributed by atoms with Crippen LogP contribution in [0.25, 0.3) is 0 Å². The first-order valence-electron chi connectivity index (χ1n) is 8.35. The molecule has 2 aromatic carbocycles. The van der Waals surface area contributed by atoms with E-state index in [9.17, 15) is 18.8 Å². The van der Waals surface area contributed by atoms with Gasteiger partial charge in [0.15, 0.2) is 6.61 Å². The number of benzene rings is 2. The molecule has 1 fully saturated rings. The predicted molar refractivity (Wildman–Crippen MR) is 98.4 cm³/mol. The number of anilines is 1. The normalized spacial score (nSPS) is 14.3. The lowest BCUT2D eigenvalue weighted by Gasteiger charge is -2.15. The second-order valence-electron chi connectivity index (χ2n) is 6.46. The van der Waals surface area contributed by atoms with Crippen LogP contribution < -0.4 is 5.32 Å². The molecule has 0 atom stereocenters. The van der Waals surface area contributed by atoms with Crippen molar-refractivity contribution in [1.29, 1.82) is 0 Å². The maximum Gasteiger partial charge on any atom is 0.317 e. The van der Waals surface area contributed by atoms with E-state index in [0.717, 1.165) is 11.6 Å². The van der Waals surface area contributed by atoms with Crippen molar-refractivity contribution in [3.8, 4) is 0 Å². The number of nitrogens with one attached hydrogen (secondary N) is 1. The Morgan fingerprint density at radius 3 is 2.37 bits per heavy atom. The van der Waals surface area contributed by atoms with Crippen molar-refractivity contribution in [3.05, 3.63) is 64.4 Å². The molecule has 140 valence electrons. The SMILES string of the molecule is CC(=O)Nc1ccc(C(=O)COC(=O)C2(c3ccc(Cl)cc3)CC2)c(F)c1. The quantitative estimate of drug-likeness (QED) is 0.600. The summed E-state index contributed by atoms with van der Waals surface area (Å²) in [6.07, 6.45) is 1.25. The molecule has 2 aromatic rings. The molecule has 0 spiro atoms. The molecule has 0 heterocycles. The van der Waals surface area contributed by atoms with Crippen molar-refractivity contribution in [2.24, 2.45) is 0 Å². The van der Waals surface area contributed by atoms with Crippen LogP contribution in [0.4, 0.5) is 10.1 Å². The summed E-state index contributed by atoms with van der Waals surface area (Å²) in [4.78, 5) is 35.7. The molecule has 3 rings (SSSR count). The van der Waals surface area contributed by atoms with E-state index in [-0.39, 0.29) is 17.2 Å². The number of hydrogen-bond donors (Lipinski definition) is 1. The summed E-state index contributed by atoms with van der Waals surface area (Å²) in [5, 5.41) is 2.99. The maximum absolute atomic E-state index is 14.1. The van der Waals surface area contributed by atoms with Crippen LogP contribution in [0.2, 0.25) is 5.02 Å². The molecule has 1 aliphatic carbocycles. The highest BCUT2D eigenvalue weighted by Crippen LogP contribution is 2.49. The van der Waals surface area contributed by atoms with Gasteiger partial charge in [0.1, 0.15) is 5.82 Å². The van der Waals surface area contributed by atoms with Crippen molar-refractivity contribution in [3.63, 3.8) is 0 Å². The van der Waals surface area contributed by atoms with Crippen LogP contribution in [0.3, 0.4) is 0 Å². The monoisotopic (exact) mass is 389 g/mol. The van der Waals surface area contributed by atoms with E-state index < -0.39 is 29.6 Å². The molecule has 0 saturated heterocycles. The number of halogens is 2. The van der Waals surface area contributed by atoms with Crippen molar-refractivity contribution < 1.29 is 23.5 Å². The Bertz CT molecular complexity index is 907. The van der Waals surface area contributed by atoms with Gasteiger partial charge in [-0.25, -0.2) is 4.39 Å². The molecule has 0 radical (unpaired) electrons. The van der Waals surface area contributed by atoms with Gasteiger partial charge in [-0.2, -0.15) is 0 Å². The number of amides is 1. The van der Waals surface area contributed by atoms with E-state index in [1.165, 1.54) is 19.1 Å². The predicted octanol–water partition coefficient (Wildman–Crippen LogP) is 3.90. The first kappa shape index (κ1) is 19.0. The summed E-state index contributed by atoms with van der Waals surface area (Å²) in [6, 6.07) is 10.6. The van der Waals surface area contributed by atoms with Crippen molar-refractivity contribution in [2.45, 2.75) is 25.2 Å². The lowest BCUT2D eigenvalue weighted by atomic mass is 9.96. The standard InChI is InChI=1S/C20H17ClFNO4/c1-12(24)23-15-6-7-16(17(22)10-15)18(25)11-27-19(26)20(8-9-20)13-2-4-14(21)5-3-13/h2-7,10H,8-9,11H2,1H3,(H,23,24). The van der Waals surface area contributed by atoms with Crippen LogP contribution in [0.1, 0.15) is 35.7 Å². The van der Waals surface area contributed by atoms with Gasteiger partial charge in [-0.05, 0) is 48.7 Å². The van der Waals surface area contributed by atoms with E-state index in [4.69, 9.17) is 16.3 Å². The van der Waals surface area contributed by atoms with Gasteiger partial charge in [0.25, 0.3) is 0 Å². The minimum absolute atomic E-state index is 0.201.